The minimum absolute atomic E-state index is 0.0181. The lowest BCUT2D eigenvalue weighted by molar-refractivity contribution is -0.137. The molecule has 344 valence electrons. The standard InChI is InChI=1S/2C21H24F3N5O2S/c1-4-29(5-2)11-12-6-9-17(32-12)31-16-8-7-14(21(22,23)24)13-10-15(27-18(13)16)19(30)28-20(25)26-3;1-4-29(5-2)11-13-6-7-18(32-13)31-12-8-15(21(22,23)24)14-10-17(27-16(14)9-12)19(30)28-20(25)26-3/h2*6-10,27H,4-5,11H2,1-3H3,(H3,25,26,28,30). The molecular weight excluding hydrogens is 887 g/mol. The number of rotatable bonds is 14. The monoisotopic (exact) mass is 934 g/mol. The molecule has 0 saturated carbocycles. The van der Waals surface area contributed by atoms with Gasteiger partial charge in [0.15, 0.2) is 27.8 Å². The first-order valence-electron chi connectivity index (χ1n) is 19.8. The van der Waals surface area contributed by atoms with Gasteiger partial charge in [0.25, 0.3) is 11.8 Å². The molecule has 4 heterocycles. The number of halogens is 6. The van der Waals surface area contributed by atoms with Crippen molar-refractivity contribution in [1.29, 1.82) is 0 Å². The van der Waals surface area contributed by atoms with Crippen molar-refractivity contribution in [2.75, 3.05) is 40.3 Å². The highest BCUT2D eigenvalue weighted by Crippen LogP contribution is 2.42. The number of thiophene rings is 2. The van der Waals surface area contributed by atoms with E-state index in [1.54, 1.807) is 12.1 Å². The number of carbonyl (C=O) groups is 2. The molecule has 4 aromatic heterocycles. The van der Waals surface area contributed by atoms with Gasteiger partial charge in [0, 0.05) is 53.8 Å². The van der Waals surface area contributed by atoms with Crippen LogP contribution >= 0.6 is 22.7 Å². The van der Waals surface area contributed by atoms with Crippen LogP contribution < -0.4 is 31.6 Å². The number of nitrogens with two attached hydrogens (primary N) is 2. The summed E-state index contributed by atoms with van der Waals surface area (Å²) in [5.41, 5.74) is 9.19. The second-order valence-electron chi connectivity index (χ2n) is 13.9. The van der Waals surface area contributed by atoms with E-state index in [2.05, 4.69) is 68.1 Å². The van der Waals surface area contributed by atoms with Crippen LogP contribution in [0.2, 0.25) is 0 Å². The molecule has 0 saturated heterocycles. The van der Waals surface area contributed by atoms with E-state index in [1.165, 1.54) is 48.9 Å². The molecule has 0 aliphatic carbocycles. The van der Waals surface area contributed by atoms with Crippen molar-refractivity contribution in [1.82, 2.24) is 30.4 Å². The minimum atomic E-state index is -4.64. The maximum Gasteiger partial charge on any atom is 0.417 e. The topological polar surface area (TPSA) is 191 Å². The molecule has 0 atom stereocenters. The molecule has 6 aromatic rings. The Morgan fingerprint density at radius 2 is 1.14 bits per heavy atom. The summed E-state index contributed by atoms with van der Waals surface area (Å²) in [5.74, 6) is -1.50. The molecule has 64 heavy (non-hydrogen) atoms. The number of nitrogens with zero attached hydrogens (tertiary/aromatic N) is 4. The first-order chi connectivity index (χ1) is 30.3. The van der Waals surface area contributed by atoms with E-state index in [0.717, 1.165) is 73.3 Å². The van der Waals surface area contributed by atoms with Gasteiger partial charge in [0.1, 0.15) is 17.1 Å². The molecule has 0 bridgehead atoms. The quantitative estimate of drug-likeness (QED) is 0.0354. The zero-order chi connectivity index (χ0) is 46.9. The van der Waals surface area contributed by atoms with Gasteiger partial charge in [-0.1, -0.05) is 27.7 Å². The first kappa shape index (κ1) is 48.9. The van der Waals surface area contributed by atoms with Gasteiger partial charge in [-0.05, 0) is 80.8 Å². The lowest BCUT2D eigenvalue weighted by atomic mass is 10.1. The number of guanidine groups is 2. The lowest BCUT2D eigenvalue weighted by Gasteiger charge is -2.16. The molecule has 2 aromatic carbocycles. The highest BCUT2D eigenvalue weighted by atomic mass is 32.1. The van der Waals surface area contributed by atoms with Crippen LogP contribution in [0, 0.1) is 0 Å². The third-order valence-electron chi connectivity index (χ3n) is 9.78. The van der Waals surface area contributed by atoms with Crippen molar-refractivity contribution in [3.8, 4) is 21.6 Å². The molecule has 0 radical (unpaired) electrons. The van der Waals surface area contributed by atoms with Gasteiger partial charge in [-0.15, -0.1) is 22.7 Å². The molecule has 6 rings (SSSR count). The lowest BCUT2D eigenvalue weighted by Crippen LogP contribution is -2.36. The summed E-state index contributed by atoms with van der Waals surface area (Å²) in [4.78, 5) is 43.8. The first-order valence-corrected chi connectivity index (χ1v) is 21.5. The van der Waals surface area contributed by atoms with Gasteiger partial charge in [-0.25, -0.2) is 0 Å². The second kappa shape index (κ2) is 21.1. The minimum Gasteiger partial charge on any atom is -0.447 e. The fourth-order valence-electron chi connectivity index (χ4n) is 6.31. The summed E-state index contributed by atoms with van der Waals surface area (Å²) in [6.07, 6.45) is -9.24. The molecule has 0 fully saturated rings. The van der Waals surface area contributed by atoms with Crippen LogP contribution in [0.5, 0.6) is 21.6 Å². The Hall–Kier alpha value is -6.10. The van der Waals surface area contributed by atoms with Gasteiger partial charge < -0.3 is 30.9 Å². The van der Waals surface area contributed by atoms with E-state index in [1.807, 2.05) is 12.1 Å². The van der Waals surface area contributed by atoms with Gasteiger partial charge in [0.05, 0.1) is 22.2 Å². The molecule has 22 heteroatoms. The number of carbonyl (C=O) groups excluding carboxylic acids is 2. The van der Waals surface area contributed by atoms with Crippen molar-refractivity contribution < 1.29 is 45.4 Å². The maximum atomic E-state index is 13.7. The fourth-order valence-corrected chi connectivity index (χ4v) is 8.13. The van der Waals surface area contributed by atoms with E-state index in [9.17, 15) is 35.9 Å². The Balaban J connectivity index is 0.000000241. The predicted octanol–water partition coefficient (Wildman–Crippen LogP) is 9.11. The Bertz CT molecular complexity index is 2620. The van der Waals surface area contributed by atoms with Gasteiger partial charge >= 0.3 is 12.4 Å². The molecule has 0 spiro atoms. The number of aromatic nitrogens is 2. The largest absolute Gasteiger partial charge is 0.447 e. The fraction of sp³-hybridized carbons (Fsp3) is 0.333. The highest BCUT2D eigenvalue weighted by molar-refractivity contribution is 7.14. The smallest absolute Gasteiger partial charge is 0.417 e. The maximum absolute atomic E-state index is 13.7. The van der Waals surface area contributed by atoms with Crippen LogP contribution in [0.3, 0.4) is 0 Å². The van der Waals surface area contributed by atoms with Crippen LogP contribution in [-0.2, 0) is 25.4 Å². The Morgan fingerprint density at radius 1 is 0.656 bits per heavy atom. The summed E-state index contributed by atoms with van der Waals surface area (Å²) in [7, 11) is 2.76. The number of aliphatic imine (C=N–C) groups is 2. The number of amides is 2. The normalized spacial score (nSPS) is 12.5. The van der Waals surface area contributed by atoms with Crippen LogP contribution in [0.25, 0.3) is 21.8 Å². The number of benzene rings is 2. The summed E-state index contributed by atoms with van der Waals surface area (Å²) in [5, 5.41) is 5.29. The van der Waals surface area contributed by atoms with Crippen LogP contribution in [-0.4, -0.2) is 83.8 Å². The zero-order valence-corrected chi connectivity index (χ0v) is 37.3. The van der Waals surface area contributed by atoms with Crippen molar-refractivity contribution in [2.24, 2.45) is 21.5 Å². The number of hydrogen-bond donors (Lipinski definition) is 6. The van der Waals surface area contributed by atoms with E-state index < -0.39 is 35.3 Å². The highest BCUT2D eigenvalue weighted by Gasteiger charge is 2.35. The number of nitrogens with one attached hydrogen (secondary N) is 4. The third kappa shape index (κ3) is 12.3. The van der Waals surface area contributed by atoms with Gasteiger partial charge in [-0.2, -0.15) is 26.3 Å². The molecule has 0 aliphatic heterocycles. The average Bonchev–Trinajstić information content (AvgIpc) is 4.08. The van der Waals surface area contributed by atoms with Crippen molar-refractivity contribution in [2.45, 2.75) is 53.1 Å². The second-order valence-corrected chi connectivity index (χ2v) is 16.1. The van der Waals surface area contributed by atoms with E-state index in [4.69, 9.17) is 20.9 Å². The van der Waals surface area contributed by atoms with Crippen molar-refractivity contribution in [3.05, 3.63) is 92.9 Å². The molecule has 0 aliphatic rings. The average molecular weight is 935 g/mol. The Kier molecular flexibility index (Phi) is 16.1. The summed E-state index contributed by atoms with van der Waals surface area (Å²) in [6, 6.07) is 14.2. The third-order valence-corrected chi connectivity index (χ3v) is 11.7. The SMILES string of the molecule is CCN(CC)Cc1ccc(Oc2cc(C(F)(F)F)c3cc(C(=O)NC(N)=NC)[nH]c3c2)s1.CCN(CC)Cc1ccc(Oc2ccc(C(F)(F)F)c3cc(C(=O)NC(N)=NC)[nH]c23)s1. The van der Waals surface area contributed by atoms with Crippen LogP contribution in [0.4, 0.5) is 26.3 Å². The van der Waals surface area contributed by atoms with Crippen LogP contribution in [0.15, 0.2) is 70.6 Å². The molecule has 2 amide bonds. The predicted molar refractivity (Wildman–Crippen MR) is 239 cm³/mol. The van der Waals surface area contributed by atoms with E-state index >= 15 is 0 Å². The van der Waals surface area contributed by atoms with E-state index in [0.29, 0.717) is 10.1 Å². The zero-order valence-electron chi connectivity index (χ0n) is 35.7. The van der Waals surface area contributed by atoms with Crippen molar-refractivity contribution in [3.63, 3.8) is 0 Å². The number of alkyl halides is 6. The van der Waals surface area contributed by atoms with Gasteiger partial charge in [0.2, 0.25) is 0 Å². The Morgan fingerprint density at radius 3 is 1.62 bits per heavy atom. The summed E-state index contributed by atoms with van der Waals surface area (Å²) >= 11 is 2.80. The molecular formula is C42H48F6N10O4S2. The Labute approximate surface area is 372 Å². The number of hydrogen-bond acceptors (Lipinski definition) is 10. The summed E-state index contributed by atoms with van der Waals surface area (Å²) in [6.45, 7) is 13.4. The molecule has 14 nitrogen and oxygen atoms in total. The number of H-pyrrole nitrogens is 2. The number of ether oxygens (including phenoxy) is 2. The van der Waals surface area contributed by atoms with Gasteiger partial charge in [-0.3, -0.25) is 40.0 Å². The number of fused-ring (bicyclic) bond motifs is 2. The number of aromatic amines is 2. The molecule has 0 unspecified atom stereocenters. The van der Waals surface area contributed by atoms with Crippen molar-refractivity contribution >= 4 is 68.2 Å². The van der Waals surface area contributed by atoms with E-state index in [-0.39, 0.29) is 56.6 Å². The molecule has 8 N–H and O–H groups in total. The van der Waals surface area contributed by atoms with Crippen LogP contribution in [0.1, 0.15) is 69.6 Å². The summed E-state index contributed by atoms with van der Waals surface area (Å²) < 4.78 is 93.5.